The van der Waals surface area contributed by atoms with Gasteiger partial charge in [-0.25, -0.2) is 0 Å². The zero-order chi connectivity index (χ0) is 13.8. The predicted octanol–water partition coefficient (Wildman–Crippen LogP) is 3.83. The first kappa shape index (κ1) is 15.7. The molecule has 1 aromatic carbocycles. The van der Waals surface area contributed by atoms with Crippen LogP contribution in [0.3, 0.4) is 0 Å². The number of nitrogens with one attached hydrogen (secondary N) is 1. The van der Waals surface area contributed by atoms with E-state index >= 15 is 0 Å². The fourth-order valence-electron chi connectivity index (χ4n) is 1.72. The molecule has 0 aliphatic heterocycles. The van der Waals surface area contributed by atoms with E-state index in [1.165, 1.54) is 5.56 Å². The van der Waals surface area contributed by atoms with Crippen molar-refractivity contribution in [1.82, 2.24) is 10.2 Å². The Balaban J connectivity index is 2.66. The Morgan fingerprint density at radius 3 is 2.22 bits per heavy atom. The van der Waals surface area contributed by atoms with Crippen molar-refractivity contribution in [3.05, 3.63) is 34.3 Å². The molecule has 0 saturated carbocycles. The molecule has 0 aliphatic rings. The molecule has 0 spiro atoms. The van der Waals surface area contributed by atoms with Gasteiger partial charge in [-0.15, -0.1) is 0 Å². The number of halogens is 1. The minimum Gasteiger partial charge on any atom is -0.308 e. The highest BCUT2D eigenvalue weighted by Crippen LogP contribution is 2.20. The lowest BCUT2D eigenvalue weighted by molar-refractivity contribution is 0.183. The van der Waals surface area contributed by atoms with Gasteiger partial charge in [0.2, 0.25) is 0 Å². The molecule has 3 heteroatoms. The maximum absolute atomic E-state index is 3.67. The van der Waals surface area contributed by atoms with E-state index in [1.807, 2.05) is 0 Å². The average Bonchev–Trinajstić information content (AvgIpc) is 2.31. The molecule has 0 fully saturated rings. The van der Waals surface area contributed by atoms with Crippen molar-refractivity contribution in [2.24, 2.45) is 0 Å². The van der Waals surface area contributed by atoms with Gasteiger partial charge in [-0.05, 0) is 52.1 Å². The van der Waals surface area contributed by atoms with Crippen LogP contribution in [-0.4, -0.2) is 31.1 Å². The molecule has 2 nitrogen and oxygen atoms in total. The van der Waals surface area contributed by atoms with E-state index in [0.29, 0.717) is 6.04 Å². The number of rotatable bonds is 6. The van der Waals surface area contributed by atoms with Gasteiger partial charge in [-0.3, -0.25) is 0 Å². The largest absolute Gasteiger partial charge is 0.308 e. The Morgan fingerprint density at radius 1 is 1.22 bits per heavy atom. The fourth-order valence-corrected chi connectivity index (χ4v) is 1.99. The van der Waals surface area contributed by atoms with Gasteiger partial charge in [0.1, 0.15) is 0 Å². The third-order valence-electron chi connectivity index (χ3n) is 3.67. The summed E-state index contributed by atoms with van der Waals surface area (Å²) in [5.74, 6) is 0. The van der Waals surface area contributed by atoms with Crippen molar-refractivity contribution in [1.29, 1.82) is 0 Å². The molecule has 18 heavy (non-hydrogen) atoms. The molecule has 102 valence electrons. The standard InChI is InChI=1S/C15H25BrN2/c1-6-14(12-7-9-13(16)10-8-12)17-11-15(2,3)18(4)5/h7-10,14,17H,6,11H2,1-5H3. The zero-order valence-electron chi connectivity index (χ0n) is 12.1. The van der Waals surface area contributed by atoms with Crippen LogP contribution in [0.5, 0.6) is 0 Å². The van der Waals surface area contributed by atoms with E-state index in [1.54, 1.807) is 0 Å². The molecule has 1 unspecified atom stereocenters. The van der Waals surface area contributed by atoms with Crippen LogP contribution in [0.2, 0.25) is 0 Å². The van der Waals surface area contributed by atoms with Crippen LogP contribution in [-0.2, 0) is 0 Å². The van der Waals surface area contributed by atoms with Gasteiger partial charge in [-0.2, -0.15) is 0 Å². The minimum absolute atomic E-state index is 0.169. The van der Waals surface area contributed by atoms with Gasteiger partial charge < -0.3 is 10.2 Å². The molecule has 1 aromatic rings. The lowest BCUT2D eigenvalue weighted by Crippen LogP contribution is -2.47. The van der Waals surface area contributed by atoms with Crippen molar-refractivity contribution in [3.8, 4) is 0 Å². The molecule has 0 heterocycles. The molecule has 0 radical (unpaired) electrons. The Labute approximate surface area is 120 Å². The quantitative estimate of drug-likeness (QED) is 0.858. The van der Waals surface area contributed by atoms with Crippen LogP contribution < -0.4 is 5.32 Å². The SMILES string of the molecule is CCC(NCC(C)(C)N(C)C)c1ccc(Br)cc1. The summed E-state index contributed by atoms with van der Waals surface area (Å²) in [6.07, 6.45) is 1.10. The normalized spacial score (nSPS) is 13.9. The highest BCUT2D eigenvalue weighted by molar-refractivity contribution is 9.10. The topological polar surface area (TPSA) is 15.3 Å². The molecule has 0 bridgehead atoms. The van der Waals surface area contributed by atoms with Crippen LogP contribution in [0.4, 0.5) is 0 Å². The lowest BCUT2D eigenvalue weighted by Gasteiger charge is -2.34. The number of benzene rings is 1. The van der Waals surface area contributed by atoms with Crippen LogP contribution in [0.1, 0.15) is 38.8 Å². The van der Waals surface area contributed by atoms with Gasteiger partial charge >= 0.3 is 0 Å². The van der Waals surface area contributed by atoms with Gasteiger partial charge in [0.05, 0.1) is 0 Å². The molecular weight excluding hydrogens is 288 g/mol. The van der Waals surface area contributed by atoms with Gasteiger partial charge in [0.25, 0.3) is 0 Å². The van der Waals surface area contributed by atoms with Crippen LogP contribution >= 0.6 is 15.9 Å². The summed E-state index contributed by atoms with van der Waals surface area (Å²) in [6.45, 7) is 7.72. The van der Waals surface area contributed by atoms with E-state index in [2.05, 4.69) is 85.3 Å². The van der Waals surface area contributed by atoms with Crippen molar-refractivity contribution < 1.29 is 0 Å². The Hall–Kier alpha value is -0.380. The summed E-state index contributed by atoms with van der Waals surface area (Å²) < 4.78 is 1.13. The van der Waals surface area contributed by atoms with Crippen LogP contribution in [0.25, 0.3) is 0 Å². The first-order valence-electron chi connectivity index (χ1n) is 6.53. The smallest absolute Gasteiger partial charge is 0.0318 e. The molecule has 0 saturated heterocycles. The summed E-state index contributed by atoms with van der Waals surface area (Å²) in [4.78, 5) is 2.26. The Kier molecular flexibility index (Phi) is 5.83. The minimum atomic E-state index is 0.169. The third-order valence-corrected chi connectivity index (χ3v) is 4.20. The highest BCUT2D eigenvalue weighted by atomic mass is 79.9. The van der Waals surface area contributed by atoms with Gasteiger partial charge in [-0.1, -0.05) is 35.0 Å². The molecular formula is C15H25BrN2. The molecule has 1 rings (SSSR count). The van der Waals surface area contributed by atoms with E-state index in [4.69, 9.17) is 0 Å². The summed E-state index contributed by atoms with van der Waals surface area (Å²) >= 11 is 3.48. The van der Waals surface area contributed by atoms with Crippen LogP contribution in [0, 0.1) is 0 Å². The van der Waals surface area contributed by atoms with E-state index < -0.39 is 0 Å². The maximum Gasteiger partial charge on any atom is 0.0318 e. The Morgan fingerprint density at radius 2 is 1.78 bits per heavy atom. The monoisotopic (exact) mass is 312 g/mol. The van der Waals surface area contributed by atoms with Crippen molar-refractivity contribution in [2.75, 3.05) is 20.6 Å². The summed E-state index contributed by atoms with van der Waals surface area (Å²) in [6, 6.07) is 9.02. The second kappa shape index (κ2) is 6.69. The van der Waals surface area contributed by atoms with E-state index in [-0.39, 0.29) is 5.54 Å². The molecule has 1 N–H and O–H groups in total. The Bertz CT molecular complexity index is 357. The van der Waals surface area contributed by atoms with E-state index in [0.717, 1.165) is 17.4 Å². The number of hydrogen-bond donors (Lipinski definition) is 1. The van der Waals surface area contributed by atoms with Crippen LogP contribution in [0.15, 0.2) is 28.7 Å². The average molecular weight is 313 g/mol. The van der Waals surface area contributed by atoms with Gasteiger partial charge in [0, 0.05) is 22.6 Å². The molecule has 0 aromatic heterocycles. The van der Waals surface area contributed by atoms with Crippen molar-refractivity contribution in [2.45, 2.75) is 38.8 Å². The lowest BCUT2D eigenvalue weighted by atomic mass is 10.0. The first-order valence-corrected chi connectivity index (χ1v) is 7.32. The van der Waals surface area contributed by atoms with Crippen molar-refractivity contribution in [3.63, 3.8) is 0 Å². The second-order valence-corrected chi connectivity index (χ2v) is 6.52. The number of nitrogens with zero attached hydrogens (tertiary/aromatic N) is 1. The van der Waals surface area contributed by atoms with Crippen molar-refractivity contribution >= 4 is 15.9 Å². The second-order valence-electron chi connectivity index (χ2n) is 5.60. The molecule has 0 amide bonds. The molecule has 1 atom stereocenters. The zero-order valence-corrected chi connectivity index (χ0v) is 13.7. The summed E-state index contributed by atoms with van der Waals surface area (Å²) in [5.41, 5.74) is 1.53. The predicted molar refractivity (Wildman–Crippen MR) is 82.9 cm³/mol. The summed E-state index contributed by atoms with van der Waals surface area (Å²) in [7, 11) is 4.25. The maximum atomic E-state index is 3.67. The van der Waals surface area contributed by atoms with Gasteiger partial charge in [0.15, 0.2) is 0 Å². The summed E-state index contributed by atoms with van der Waals surface area (Å²) in [5, 5.41) is 3.67. The molecule has 0 aliphatic carbocycles. The van der Waals surface area contributed by atoms with E-state index in [9.17, 15) is 0 Å². The number of likely N-dealkylation sites (N-methyl/N-ethyl adjacent to an activating group) is 1. The fraction of sp³-hybridized carbons (Fsp3) is 0.600. The first-order chi connectivity index (χ1) is 8.36. The third kappa shape index (κ3) is 4.38. The number of hydrogen-bond acceptors (Lipinski definition) is 2. The highest BCUT2D eigenvalue weighted by Gasteiger charge is 2.21.